The Morgan fingerprint density at radius 2 is 2.32 bits per heavy atom. The van der Waals surface area contributed by atoms with Crippen molar-refractivity contribution in [2.75, 3.05) is 13.2 Å². The summed E-state index contributed by atoms with van der Waals surface area (Å²) in [5.41, 5.74) is 1.08. The fourth-order valence-corrected chi connectivity index (χ4v) is 2.22. The monoisotopic (exact) mass is 265 g/mol. The molecule has 8 heteroatoms. The van der Waals surface area contributed by atoms with E-state index < -0.39 is 19.3 Å². The SMILES string of the molecule is Cc1cc2c(cc1F)c(B(O)O)nn2C1NCCO1. The molecule has 1 fully saturated rings. The van der Waals surface area contributed by atoms with Crippen LogP contribution in [0.5, 0.6) is 0 Å². The summed E-state index contributed by atoms with van der Waals surface area (Å²) in [6.07, 6.45) is -0.472. The highest BCUT2D eigenvalue weighted by Crippen LogP contribution is 2.21. The smallest absolute Gasteiger partial charge is 0.422 e. The molecule has 0 spiro atoms. The number of nitrogens with zero attached hydrogens (tertiary/aromatic N) is 2. The average Bonchev–Trinajstić information content (AvgIpc) is 2.96. The van der Waals surface area contributed by atoms with E-state index in [0.717, 1.165) is 0 Å². The van der Waals surface area contributed by atoms with Gasteiger partial charge in [-0.15, -0.1) is 0 Å². The van der Waals surface area contributed by atoms with Crippen LogP contribution in [0.25, 0.3) is 10.9 Å². The summed E-state index contributed by atoms with van der Waals surface area (Å²) in [4.78, 5) is 0. The average molecular weight is 265 g/mol. The first-order chi connectivity index (χ1) is 9.08. The maximum absolute atomic E-state index is 13.6. The predicted octanol–water partition coefficient (Wildman–Crippen LogP) is -0.760. The summed E-state index contributed by atoms with van der Waals surface area (Å²) in [5, 5.41) is 26.2. The molecule has 1 aromatic heterocycles. The molecule has 1 atom stereocenters. The van der Waals surface area contributed by atoms with Crippen LogP contribution >= 0.6 is 0 Å². The summed E-state index contributed by atoms with van der Waals surface area (Å²) in [6.45, 7) is 2.87. The van der Waals surface area contributed by atoms with Crippen LogP contribution in [0.4, 0.5) is 4.39 Å². The Labute approximate surface area is 108 Å². The van der Waals surface area contributed by atoms with Gasteiger partial charge in [0, 0.05) is 11.9 Å². The van der Waals surface area contributed by atoms with Crippen LogP contribution in [0.3, 0.4) is 0 Å². The van der Waals surface area contributed by atoms with E-state index in [1.165, 1.54) is 10.7 Å². The van der Waals surface area contributed by atoms with Crippen LogP contribution < -0.4 is 10.9 Å². The Kier molecular flexibility index (Phi) is 3.02. The molecular formula is C11H13BFN3O3. The molecule has 100 valence electrons. The van der Waals surface area contributed by atoms with Crippen molar-refractivity contribution in [3.8, 4) is 0 Å². The van der Waals surface area contributed by atoms with Gasteiger partial charge in [0.25, 0.3) is 0 Å². The van der Waals surface area contributed by atoms with Gasteiger partial charge >= 0.3 is 7.12 Å². The Morgan fingerprint density at radius 1 is 1.53 bits per heavy atom. The maximum atomic E-state index is 13.6. The van der Waals surface area contributed by atoms with Gasteiger partial charge in [0.1, 0.15) is 11.4 Å². The van der Waals surface area contributed by atoms with Gasteiger partial charge in [-0.3, -0.25) is 5.32 Å². The zero-order chi connectivity index (χ0) is 13.6. The number of hydrogen-bond acceptors (Lipinski definition) is 5. The largest absolute Gasteiger partial charge is 0.510 e. The molecule has 0 bridgehead atoms. The Balaban J connectivity index is 2.23. The second-order valence-electron chi connectivity index (χ2n) is 4.50. The lowest BCUT2D eigenvalue weighted by Crippen LogP contribution is -2.33. The number of nitrogens with one attached hydrogen (secondary N) is 1. The van der Waals surface area contributed by atoms with Crippen LogP contribution in [0.15, 0.2) is 12.1 Å². The first kappa shape index (κ1) is 12.6. The van der Waals surface area contributed by atoms with Gasteiger partial charge in [-0.25, -0.2) is 9.07 Å². The number of hydrogen-bond donors (Lipinski definition) is 3. The van der Waals surface area contributed by atoms with Gasteiger partial charge in [-0.1, -0.05) is 0 Å². The summed E-state index contributed by atoms with van der Waals surface area (Å²) >= 11 is 0. The lowest BCUT2D eigenvalue weighted by Gasteiger charge is -2.11. The zero-order valence-electron chi connectivity index (χ0n) is 10.3. The highest BCUT2D eigenvalue weighted by molar-refractivity contribution is 6.60. The van der Waals surface area contributed by atoms with Crippen molar-refractivity contribution in [1.29, 1.82) is 0 Å². The van der Waals surface area contributed by atoms with Crippen molar-refractivity contribution in [1.82, 2.24) is 15.1 Å². The van der Waals surface area contributed by atoms with Crippen molar-refractivity contribution in [2.24, 2.45) is 0 Å². The second kappa shape index (κ2) is 4.57. The normalized spacial score (nSPS) is 19.3. The van der Waals surface area contributed by atoms with Crippen LogP contribution in [0, 0.1) is 12.7 Å². The zero-order valence-corrected chi connectivity index (χ0v) is 10.3. The van der Waals surface area contributed by atoms with E-state index in [0.29, 0.717) is 29.6 Å². The second-order valence-corrected chi connectivity index (χ2v) is 4.50. The van der Waals surface area contributed by atoms with E-state index in [4.69, 9.17) is 4.74 Å². The molecule has 6 nitrogen and oxygen atoms in total. The Hall–Kier alpha value is -1.48. The van der Waals surface area contributed by atoms with Crippen molar-refractivity contribution in [3.63, 3.8) is 0 Å². The number of halogens is 1. The minimum atomic E-state index is -1.76. The van der Waals surface area contributed by atoms with Crippen LogP contribution in [0.1, 0.15) is 11.9 Å². The minimum Gasteiger partial charge on any atom is -0.422 e. The quantitative estimate of drug-likeness (QED) is 0.622. The number of benzene rings is 1. The third kappa shape index (κ3) is 2.02. The van der Waals surface area contributed by atoms with Crippen LogP contribution in [-0.2, 0) is 4.74 Å². The standard InChI is InChI=1S/C11H13BFN3O3/c1-6-4-9-7(5-8(6)13)10(12(17)18)15-16(9)11-14-2-3-19-11/h4-5,11,14,17-18H,2-3H2,1H3. The first-order valence-corrected chi connectivity index (χ1v) is 5.97. The summed E-state index contributed by atoms with van der Waals surface area (Å²) in [6, 6.07) is 2.88. The number of ether oxygens (including phenoxy) is 1. The van der Waals surface area contributed by atoms with Crippen molar-refractivity contribution < 1.29 is 19.2 Å². The van der Waals surface area contributed by atoms with E-state index in [9.17, 15) is 14.4 Å². The van der Waals surface area contributed by atoms with Crippen LogP contribution in [0.2, 0.25) is 0 Å². The molecule has 1 aliphatic rings. The van der Waals surface area contributed by atoms with E-state index in [2.05, 4.69) is 10.4 Å². The van der Waals surface area contributed by atoms with Crippen molar-refractivity contribution >= 4 is 23.6 Å². The van der Waals surface area contributed by atoms with Gasteiger partial charge in [0.15, 0.2) is 0 Å². The molecule has 1 aromatic carbocycles. The minimum absolute atomic E-state index is 0.0196. The predicted molar refractivity (Wildman–Crippen MR) is 67.2 cm³/mol. The third-order valence-corrected chi connectivity index (χ3v) is 3.18. The maximum Gasteiger partial charge on any atom is 0.510 e. The van der Waals surface area contributed by atoms with Crippen molar-refractivity contribution in [2.45, 2.75) is 13.3 Å². The van der Waals surface area contributed by atoms with Gasteiger partial charge in [0.05, 0.1) is 12.1 Å². The molecule has 2 aromatic rings. The fraction of sp³-hybridized carbons (Fsp3) is 0.364. The molecule has 3 rings (SSSR count). The highest BCUT2D eigenvalue weighted by atomic mass is 19.1. The lowest BCUT2D eigenvalue weighted by atomic mass is 9.84. The Bertz CT molecular complexity index is 625. The summed E-state index contributed by atoms with van der Waals surface area (Å²) in [5.74, 6) is -0.408. The lowest BCUT2D eigenvalue weighted by molar-refractivity contribution is 0.0383. The molecule has 0 saturated carbocycles. The molecular weight excluding hydrogens is 252 g/mol. The number of fused-ring (bicyclic) bond motifs is 1. The van der Waals surface area contributed by atoms with Crippen molar-refractivity contribution in [3.05, 3.63) is 23.5 Å². The third-order valence-electron chi connectivity index (χ3n) is 3.18. The number of rotatable bonds is 2. The van der Waals surface area contributed by atoms with E-state index in [1.807, 2.05) is 0 Å². The molecule has 1 aliphatic heterocycles. The Morgan fingerprint density at radius 3 is 2.95 bits per heavy atom. The van der Waals surface area contributed by atoms with E-state index in [1.54, 1.807) is 13.0 Å². The molecule has 1 saturated heterocycles. The van der Waals surface area contributed by atoms with Gasteiger partial charge in [-0.2, -0.15) is 5.10 Å². The van der Waals surface area contributed by atoms with Gasteiger partial charge < -0.3 is 14.8 Å². The molecule has 0 amide bonds. The van der Waals surface area contributed by atoms with Gasteiger partial charge in [-0.05, 0) is 24.6 Å². The molecule has 1 unspecified atom stereocenters. The topological polar surface area (TPSA) is 79.5 Å². The molecule has 0 aliphatic carbocycles. The molecule has 2 heterocycles. The summed E-state index contributed by atoms with van der Waals surface area (Å²) in [7, 11) is -1.76. The fourth-order valence-electron chi connectivity index (χ4n) is 2.22. The van der Waals surface area contributed by atoms with E-state index >= 15 is 0 Å². The summed E-state index contributed by atoms with van der Waals surface area (Å²) < 4.78 is 20.6. The number of aryl methyl sites for hydroxylation is 1. The first-order valence-electron chi connectivity index (χ1n) is 5.97. The van der Waals surface area contributed by atoms with E-state index in [-0.39, 0.29) is 5.59 Å². The van der Waals surface area contributed by atoms with Crippen LogP contribution in [-0.4, -0.2) is 40.1 Å². The molecule has 3 N–H and O–H groups in total. The highest BCUT2D eigenvalue weighted by Gasteiger charge is 2.26. The number of aromatic nitrogens is 2. The molecule has 0 radical (unpaired) electrons. The molecule has 19 heavy (non-hydrogen) atoms. The van der Waals surface area contributed by atoms with Gasteiger partial charge in [0.2, 0.25) is 6.35 Å².